The minimum absolute atomic E-state index is 0.0157. The van der Waals surface area contributed by atoms with E-state index in [0.29, 0.717) is 61.1 Å². The summed E-state index contributed by atoms with van der Waals surface area (Å²) in [5.74, 6) is -3.82. The van der Waals surface area contributed by atoms with Crippen LogP contribution in [0.1, 0.15) is 42.0 Å². The molecule has 3 nitrogen and oxygen atoms in total. The van der Waals surface area contributed by atoms with Gasteiger partial charge in [0.05, 0.1) is 13.2 Å². The molecule has 1 aliphatic rings. The van der Waals surface area contributed by atoms with Gasteiger partial charge in [-0.05, 0) is 59.9 Å². The molecule has 9 heteroatoms. The largest absolute Gasteiger partial charge is 0.422 e. The van der Waals surface area contributed by atoms with Crippen molar-refractivity contribution in [2.45, 2.75) is 57.6 Å². The van der Waals surface area contributed by atoms with Gasteiger partial charge >= 0.3 is 6.18 Å². The van der Waals surface area contributed by atoms with Crippen molar-refractivity contribution in [2.24, 2.45) is 0 Å². The first-order valence-corrected chi connectivity index (χ1v) is 12.3. The van der Waals surface area contributed by atoms with Crippen LogP contribution < -0.4 is 0 Å². The molecular weight excluding hydrogens is 498 g/mol. The van der Waals surface area contributed by atoms with Crippen molar-refractivity contribution in [2.75, 3.05) is 19.8 Å². The number of benzene rings is 3. The first-order chi connectivity index (χ1) is 17.7. The summed E-state index contributed by atoms with van der Waals surface area (Å²) in [7, 11) is 0. The van der Waals surface area contributed by atoms with Crippen molar-refractivity contribution >= 4 is 10.8 Å². The van der Waals surface area contributed by atoms with Crippen LogP contribution in [0.2, 0.25) is 0 Å². The number of hydrogen-bond donors (Lipinski definition) is 0. The van der Waals surface area contributed by atoms with Crippen LogP contribution in [-0.4, -0.2) is 32.2 Å². The second-order valence-electron chi connectivity index (χ2n) is 9.15. The van der Waals surface area contributed by atoms with Crippen LogP contribution in [0, 0.1) is 17.5 Å². The maximum atomic E-state index is 15.1. The van der Waals surface area contributed by atoms with Crippen molar-refractivity contribution in [3.63, 3.8) is 0 Å². The van der Waals surface area contributed by atoms with Crippen molar-refractivity contribution in [3.05, 3.63) is 82.2 Å². The van der Waals surface area contributed by atoms with Crippen LogP contribution >= 0.6 is 0 Å². The second kappa shape index (κ2) is 11.8. The number of ether oxygens (including phenoxy) is 3. The zero-order chi connectivity index (χ0) is 26.6. The standard InChI is InChI=1S/C28H28F6O3/c1-2-11-35-21-15-36-25(37-16-21)10-5-17-4-9-22-20(12-17)8-7-19(27(22)31)6-3-18-13-23(29)26(24(30)14-18)28(32,33)34/h4,7-9,12-14,21,25H,2-3,5-6,10-11,15-16H2,1H3. The Bertz CT molecular complexity index is 1200. The van der Waals surface area contributed by atoms with Gasteiger partial charge in [-0.15, -0.1) is 0 Å². The van der Waals surface area contributed by atoms with Gasteiger partial charge in [0.2, 0.25) is 0 Å². The van der Waals surface area contributed by atoms with Crippen LogP contribution in [0.4, 0.5) is 26.3 Å². The third-order valence-electron chi connectivity index (χ3n) is 6.33. The zero-order valence-corrected chi connectivity index (χ0v) is 20.3. The van der Waals surface area contributed by atoms with Crippen LogP contribution in [-0.2, 0) is 39.6 Å². The molecule has 0 atom stereocenters. The number of alkyl halides is 3. The summed E-state index contributed by atoms with van der Waals surface area (Å²) in [6.07, 6.45) is -3.18. The van der Waals surface area contributed by atoms with Crippen LogP contribution in [0.25, 0.3) is 10.8 Å². The molecule has 37 heavy (non-hydrogen) atoms. The normalized spacial score (nSPS) is 18.5. The molecule has 1 aliphatic heterocycles. The molecule has 1 fully saturated rings. The van der Waals surface area contributed by atoms with E-state index in [1.165, 1.54) is 0 Å². The molecule has 4 rings (SSSR count). The average molecular weight is 527 g/mol. The minimum Gasteiger partial charge on any atom is -0.373 e. The third-order valence-corrected chi connectivity index (χ3v) is 6.33. The molecule has 3 aromatic rings. The van der Waals surface area contributed by atoms with Gasteiger partial charge in [-0.1, -0.05) is 37.3 Å². The maximum Gasteiger partial charge on any atom is 0.422 e. The summed E-state index contributed by atoms with van der Waals surface area (Å²) in [6.45, 7) is 3.69. The molecule has 0 radical (unpaired) electrons. The molecule has 0 spiro atoms. The fourth-order valence-corrected chi connectivity index (χ4v) is 4.41. The lowest BCUT2D eigenvalue weighted by molar-refractivity contribution is -0.227. The Kier molecular flexibility index (Phi) is 8.77. The monoisotopic (exact) mass is 526 g/mol. The minimum atomic E-state index is -5.13. The summed E-state index contributed by atoms with van der Waals surface area (Å²) in [5, 5.41) is 1.09. The molecule has 0 saturated carbocycles. The predicted molar refractivity (Wildman–Crippen MR) is 127 cm³/mol. The van der Waals surface area contributed by atoms with Crippen molar-refractivity contribution < 1.29 is 40.6 Å². The fraction of sp³-hybridized carbons (Fsp3) is 0.429. The van der Waals surface area contributed by atoms with Gasteiger partial charge in [-0.3, -0.25) is 0 Å². The first kappa shape index (κ1) is 27.4. The molecule has 200 valence electrons. The van der Waals surface area contributed by atoms with Gasteiger partial charge in [0.15, 0.2) is 6.29 Å². The van der Waals surface area contributed by atoms with E-state index in [4.69, 9.17) is 14.2 Å². The summed E-state index contributed by atoms with van der Waals surface area (Å²) >= 11 is 0. The van der Waals surface area contributed by atoms with Crippen molar-refractivity contribution in [1.29, 1.82) is 0 Å². The molecule has 1 heterocycles. The van der Waals surface area contributed by atoms with Crippen molar-refractivity contribution in [1.82, 2.24) is 0 Å². The van der Waals surface area contributed by atoms with E-state index in [1.54, 1.807) is 18.2 Å². The zero-order valence-electron chi connectivity index (χ0n) is 20.3. The second-order valence-corrected chi connectivity index (χ2v) is 9.15. The van der Waals surface area contributed by atoms with Gasteiger partial charge < -0.3 is 14.2 Å². The lowest BCUT2D eigenvalue weighted by Gasteiger charge is -2.29. The summed E-state index contributed by atoms with van der Waals surface area (Å²) in [6, 6.07) is 10.0. The Morgan fingerprint density at radius 2 is 1.57 bits per heavy atom. The Balaban J connectivity index is 1.37. The van der Waals surface area contributed by atoms with E-state index in [9.17, 15) is 22.0 Å². The van der Waals surface area contributed by atoms with E-state index >= 15 is 4.39 Å². The smallest absolute Gasteiger partial charge is 0.373 e. The molecule has 0 N–H and O–H groups in total. The Morgan fingerprint density at radius 3 is 2.22 bits per heavy atom. The predicted octanol–water partition coefficient (Wildman–Crippen LogP) is 7.16. The Labute approximate surface area is 211 Å². The highest BCUT2D eigenvalue weighted by atomic mass is 19.4. The molecular formula is C28H28F6O3. The Hall–Kier alpha value is -2.62. The molecule has 0 bridgehead atoms. The highest BCUT2D eigenvalue weighted by molar-refractivity contribution is 5.84. The molecule has 0 aliphatic carbocycles. The lowest BCUT2D eigenvalue weighted by Crippen LogP contribution is -2.37. The number of fused-ring (bicyclic) bond motifs is 1. The van der Waals surface area contributed by atoms with Gasteiger partial charge in [0.1, 0.15) is 29.1 Å². The summed E-state index contributed by atoms with van der Waals surface area (Å²) in [5.41, 5.74) is -0.597. The van der Waals surface area contributed by atoms with E-state index in [-0.39, 0.29) is 30.8 Å². The molecule has 3 aromatic carbocycles. The highest BCUT2D eigenvalue weighted by Crippen LogP contribution is 2.34. The van der Waals surface area contributed by atoms with Crippen molar-refractivity contribution in [3.8, 4) is 0 Å². The van der Waals surface area contributed by atoms with Crippen LogP contribution in [0.15, 0.2) is 42.5 Å². The maximum absolute atomic E-state index is 15.1. The van der Waals surface area contributed by atoms with Crippen LogP contribution in [0.3, 0.4) is 0 Å². The van der Waals surface area contributed by atoms with E-state index < -0.39 is 29.2 Å². The number of rotatable bonds is 9. The summed E-state index contributed by atoms with van der Waals surface area (Å²) in [4.78, 5) is 0. The van der Waals surface area contributed by atoms with Gasteiger partial charge in [-0.2, -0.15) is 13.2 Å². The molecule has 0 unspecified atom stereocenters. The number of halogens is 6. The fourth-order valence-electron chi connectivity index (χ4n) is 4.41. The Morgan fingerprint density at radius 1 is 0.865 bits per heavy atom. The topological polar surface area (TPSA) is 27.7 Å². The number of hydrogen-bond acceptors (Lipinski definition) is 3. The van der Waals surface area contributed by atoms with Gasteiger partial charge in [-0.25, -0.2) is 13.2 Å². The molecule has 1 saturated heterocycles. The highest BCUT2D eigenvalue weighted by Gasteiger charge is 2.37. The van der Waals surface area contributed by atoms with E-state index in [2.05, 4.69) is 0 Å². The summed E-state index contributed by atoms with van der Waals surface area (Å²) < 4.78 is 98.2. The SMILES string of the molecule is CCCOC1COC(CCc2ccc3c(F)c(CCc4cc(F)c(C(F)(F)F)c(F)c4)ccc3c2)OC1. The number of aryl methyl sites for hydroxylation is 3. The van der Waals surface area contributed by atoms with E-state index in [1.807, 2.05) is 19.1 Å². The molecule has 0 aromatic heterocycles. The quantitative estimate of drug-likeness (QED) is 0.277. The first-order valence-electron chi connectivity index (χ1n) is 12.3. The lowest BCUT2D eigenvalue weighted by atomic mass is 9.97. The average Bonchev–Trinajstić information content (AvgIpc) is 2.85. The molecule has 0 amide bonds. The third kappa shape index (κ3) is 6.83. The van der Waals surface area contributed by atoms with Gasteiger partial charge in [0, 0.05) is 18.4 Å². The van der Waals surface area contributed by atoms with E-state index in [0.717, 1.165) is 12.0 Å². The van der Waals surface area contributed by atoms with Crippen LogP contribution in [0.5, 0.6) is 0 Å². The van der Waals surface area contributed by atoms with Gasteiger partial charge in [0.25, 0.3) is 0 Å².